The molecule has 0 radical (unpaired) electrons. The van der Waals surface area contributed by atoms with Crippen molar-refractivity contribution in [2.24, 2.45) is 0 Å². The van der Waals surface area contributed by atoms with Gasteiger partial charge in [0.15, 0.2) is 5.78 Å². The standard InChI is InChI=1S/C25H21N5O3/c1-33-17-11-7-15(8-12-17)22-21-23(30-29-22)18-3-2-4-19(20(18)24(21)31)28-25(32)27-13-14-5-9-16(26)10-6-14/h2-12H,13,26H2,1H3,(H,29,30)(H2,27,28,32). The number of benzene rings is 3. The van der Waals surface area contributed by atoms with Crippen LogP contribution in [0.3, 0.4) is 0 Å². The number of rotatable bonds is 5. The van der Waals surface area contributed by atoms with Gasteiger partial charge in [-0.2, -0.15) is 5.10 Å². The molecular formula is C25H21N5O3. The lowest BCUT2D eigenvalue weighted by Crippen LogP contribution is -2.28. The molecule has 0 unspecified atom stereocenters. The molecule has 1 aliphatic carbocycles. The predicted molar refractivity (Wildman–Crippen MR) is 126 cm³/mol. The van der Waals surface area contributed by atoms with Gasteiger partial charge in [0.1, 0.15) is 11.4 Å². The first kappa shape index (κ1) is 20.3. The summed E-state index contributed by atoms with van der Waals surface area (Å²) >= 11 is 0. The highest BCUT2D eigenvalue weighted by Gasteiger charge is 2.35. The van der Waals surface area contributed by atoms with Crippen LogP contribution in [0.1, 0.15) is 21.5 Å². The fourth-order valence-electron chi connectivity index (χ4n) is 3.93. The Morgan fingerprint density at radius 2 is 1.79 bits per heavy atom. The van der Waals surface area contributed by atoms with Crippen molar-refractivity contribution in [2.75, 3.05) is 18.2 Å². The number of anilines is 2. The summed E-state index contributed by atoms with van der Waals surface area (Å²) in [7, 11) is 1.60. The van der Waals surface area contributed by atoms with E-state index < -0.39 is 6.03 Å². The van der Waals surface area contributed by atoms with Crippen molar-refractivity contribution in [1.29, 1.82) is 0 Å². The van der Waals surface area contributed by atoms with Gasteiger partial charge in [0.25, 0.3) is 0 Å². The number of nitrogen functional groups attached to an aromatic ring is 1. The van der Waals surface area contributed by atoms with Crippen molar-refractivity contribution >= 4 is 23.2 Å². The quantitative estimate of drug-likeness (QED) is 0.306. The largest absolute Gasteiger partial charge is 0.497 e. The maximum Gasteiger partial charge on any atom is 0.319 e. The maximum atomic E-state index is 13.4. The van der Waals surface area contributed by atoms with Gasteiger partial charge in [-0.3, -0.25) is 9.89 Å². The van der Waals surface area contributed by atoms with E-state index in [9.17, 15) is 9.59 Å². The van der Waals surface area contributed by atoms with E-state index in [1.54, 1.807) is 31.4 Å². The monoisotopic (exact) mass is 439 g/mol. The third-order valence-electron chi connectivity index (χ3n) is 5.60. The van der Waals surface area contributed by atoms with Crippen LogP contribution in [-0.4, -0.2) is 29.1 Å². The van der Waals surface area contributed by atoms with Gasteiger partial charge in [-0.25, -0.2) is 4.79 Å². The molecule has 0 saturated heterocycles. The Labute approximate surface area is 189 Å². The molecule has 8 nitrogen and oxygen atoms in total. The zero-order valence-electron chi connectivity index (χ0n) is 17.8. The Balaban J connectivity index is 1.38. The summed E-state index contributed by atoms with van der Waals surface area (Å²) in [6.07, 6.45) is 0. The number of carbonyl (C=O) groups excluding carboxylic acids is 2. The Kier molecular flexibility index (Phi) is 5.02. The molecular weight excluding hydrogens is 418 g/mol. The zero-order chi connectivity index (χ0) is 22.9. The van der Waals surface area contributed by atoms with Gasteiger partial charge in [-0.15, -0.1) is 0 Å². The smallest absolute Gasteiger partial charge is 0.319 e. The molecule has 0 spiro atoms. The number of H-pyrrole nitrogens is 1. The average Bonchev–Trinajstić information content (AvgIpc) is 3.39. The molecule has 4 aromatic rings. The molecule has 164 valence electrons. The fraction of sp³-hybridized carbons (Fsp3) is 0.0800. The Morgan fingerprint density at radius 3 is 2.52 bits per heavy atom. The van der Waals surface area contributed by atoms with Gasteiger partial charge in [-0.05, 0) is 48.0 Å². The second-order valence-corrected chi connectivity index (χ2v) is 7.66. The number of fused-ring (bicyclic) bond motifs is 3. The molecule has 1 aliphatic rings. The number of ketones is 1. The highest BCUT2D eigenvalue weighted by Crippen LogP contribution is 2.43. The summed E-state index contributed by atoms with van der Waals surface area (Å²) in [6, 6.07) is 19.6. The van der Waals surface area contributed by atoms with E-state index in [4.69, 9.17) is 10.5 Å². The number of hydrogen-bond donors (Lipinski definition) is 4. The number of aromatic amines is 1. The number of nitrogens with two attached hydrogens (primary N) is 1. The first-order chi connectivity index (χ1) is 16.0. The first-order valence-electron chi connectivity index (χ1n) is 10.4. The summed E-state index contributed by atoms with van der Waals surface area (Å²) in [5.74, 6) is 0.537. The number of urea groups is 1. The van der Waals surface area contributed by atoms with Crippen molar-refractivity contribution in [1.82, 2.24) is 15.5 Å². The minimum absolute atomic E-state index is 0.186. The number of nitrogens with one attached hydrogen (secondary N) is 3. The van der Waals surface area contributed by atoms with Crippen molar-refractivity contribution in [3.63, 3.8) is 0 Å². The van der Waals surface area contributed by atoms with Crippen molar-refractivity contribution in [3.05, 3.63) is 83.4 Å². The third-order valence-corrected chi connectivity index (χ3v) is 5.60. The molecule has 5 N–H and O–H groups in total. The number of ether oxygens (including phenoxy) is 1. The molecule has 0 aliphatic heterocycles. The molecule has 8 heteroatoms. The molecule has 33 heavy (non-hydrogen) atoms. The molecule has 0 saturated carbocycles. The number of nitrogens with zero attached hydrogens (tertiary/aromatic N) is 1. The van der Waals surface area contributed by atoms with E-state index in [0.717, 1.165) is 16.9 Å². The van der Waals surface area contributed by atoms with Gasteiger partial charge in [0.05, 0.1) is 29.6 Å². The lowest BCUT2D eigenvalue weighted by Gasteiger charge is -2.11. The van der Waals surface area contributed by atoms with Gasteiger partial charge in [0, 0.05) is 23.4 Å². The summed E-state index contributed by atoms with van der Waals surface area (Å²) < 4.78 is 5.21. The normalized spacial score (nSPS) is 11.6. The molecule has 0 atom stereocenters. The number of amides is 2. The van der Waals surface area contributed by atoms with E-state index in [0.29, 0.717) is 46.0 Å². The van der Waals surface area contributed by atoms with Crippen LogP contribution in [0.25, 0.3) is 22.5 Å². The Hall–Kier alpha value is -4.59. The molecule has 1 aromatic heterocycles. The van der Waals surface area contributed by atoms with E-state index in [1.807, 2.05) is 42.5 Å². The van der Waals surface area contributed by atoms with E-state index in [2.05, 4.69) is 20.8 Å². The molecule has 0 fully saturated rings. The minimum Gasteiger partial charge on any atom is -0.497 e. The average molecular weight is 439 g/mol. The van der Waals surface area contributed by atoms with Crippen LogP contribution in [0.15, 0.2) is 66.7 Å². The first-order valence-corrected chi connectivity index (χ1v) is 10.4. The van der Waals surface area contributed by atoms with Crippen molar-refractivity contribution < 1.29 is 14.3 Å². The van der Waals surface area contributed by atoms with Crippen LogP contribution >= 0.6 is 0 Å². The van der Waals surface area contributed by atoms with Crippen LogP contribution in [-0.2, 0) is 6.54 Å². The maximum absolute atomic E-state index is 13.4. The van der Waals surface area contributed by atoms with Crippen LogP contribution < -0.4 is 21.1 Å². The lowest BCUT2D eigenvalue weighted by molar-refractivity contribution is 0.104. The SMILES string of the molecule is COc1ccc(-c2[nH]nc3c2C(=O)c2c(NC(=O)NCc4ccc(N)cc4)cccc2-3)cc1. The molecule has 0 bridgehead atoms. The van der Waals surface area contributed by atoms with E-state index in [-0.39, 0.29) is 5.78 Å². The summed E-state index contributed by atoms with van der Waals surface area (Å²) in [4.78, 5) is 25.9. The Bertz CT molecular complexity index is 1360. The molecule has 1 heterocycles. The van der Waals surface area contributed by atoms with E-state index in [1.165, 1.54) is 0 Å². The number of hydrogen-bond acceptors (Lipinski definition) is 5. The highest BCUT2D eigenvalue weighted by molar-refractivity contribution is 6.26. The number of methoxy groups -OCH3 is 1. The van der Waals surface area contributed by atoms with Gasteiger partial charge in [-0.1, -0.05) is 24.3 Å². The van der Waals surface area contributed by atoms with Crippen molar-refractivity contribution in [2.45, 2.75) is 6.54 Å². The molecule has 5 rings (SSSR count). The summed E-state index contributed by atoms with van der Waals surface area (Å²) in [5.41, 5.74) is 11.3. The zero-order valence-corrected chi connectivity index (χ0v) is 17.8. The van der Waals surface area contributed by atoms with E-state index >= 15 is 0 Å². The van der Waals surface area contributed by atoms with Gasteiger partial charge < -0.3 is 21.1 Å². The predicted octanol–water partition coefficient (Wildman–Crippen LogP) is 4.20. The minimum atomic E-state index is -0.408. The van der Waals surface area contributed by atoms with Crippen molar-refractivity contribution in [3.8, 4) is 28.3 Å². The second-order valence-electron chi connectivity index (χ2n) is 7.66. The number of aromatic nitrogens is 2. The lowest BCUT2D eigenvalue weighted by atomic mass is 10.0. The fourth-order valence-corrected chi connectivity index (χ4v) is 3.93. The summed E-state index contributed by atoms with van der Waals surface area (Å²) in [6.45, 7) is 0.332. The van der Waals surface area contributed by atoms with Gasteiger partial charge in [0.2, 0.25) is 0 Å². The van der Waals surface area contributed by atoms with Crippen LogP contribution in [0.5, 0.6) is 5.75 Å². The van der Waals surface area contributed by atoms with Crippen LogP contribution in [0, 0.1) is 0 Å². The van der Waals surface area contributed by atoms with Crippen LogP contribution in [0.2, 0.25) is 0 Å². The highest BCUT2D eigenvalue weighted by atomic mass is 16.5. The van der Waals surface area contributed by atoms with Gasteiger partial charge >= 0.3 is 6.03 Å². The topological polar surface area (TPSA) is 122 Å². The van der Waals surface area contributed by atoms with Crippen LogP contribution in [0.4, 0.5) is 16.2 Å². The summed E-state index contributed by atoms with van der Waals surface area (Å²) in [5, 5.41) is 13.0. The third kappa shape index (κ3) is 3.67. The number of carbonyl (C=O) groups is 2. The molecule has 2 amide bonds. The Morgan fingerprint density at radius 1 is 1.03 bits per heavy atom. The second kappa shape index (κ2) is 8.16. The molecule has 3 aromatic carbocycles.